The Labute approximate surface area is 452 Å². The van der Waals surface area contributed by atoms with Crippen LogP contribution in [0.3, 0.4) is 0 Å². The quantitative estimate of drug-likeness (QED) is 0.0441. The van der Waals surface area contributed by atoms with Gasteiger partial charge in [-0.1, -0.05) is 142 Å². The van der Waals surface area contributed by atoms with Gasteiger partial charge in [0.05, 0.1) is 39.6 Å². The van der Waals surface area contributed by atoms with Crippen molar-refractivity contribution in [2.75, 3.05) is 13.2 Å². The van der Waals surface area contributed by atoms with E-state index in [1.54, 1.807) is 27.7 Å². The summed E-state index contributed by atoms with van der Waals surface area (Å²) in [5.74, 6) is -3.05. The Bertz CT molecular complexity index is 2740. The van der Waals surface area contributed by atoms with Crippen LogP contribution < -0.4 is 0 Å². The van der Waals surface area contributed by atoms with Crippen molar-refractivity contribution in [1.29, 1.82) is 0 Å². The molecule has 4 aromatic rings. The van der Waals surface area contributed by atoms with Crippen LogP contribution in [0.2, 0.25) is 18.1 Å². The minimum atomic E-state index is -2.84. The number of esters is 1. The van der Waals surface area contributed by atoms with Gasteiger partial charge in [-0.15, -0.1) is 0 Å². The van der Waals surface area contributed by atoms with Gasteiger partial charge in [-0.3, -0.25) is 33.8 Å². The molecule has 0 bridgehead atoms. The van der Waals surface area contributed by atoms with Crippen LogP contribution >= 0.6 is 0 Å². The second-order valence-electron chi connectivity index (χ2n) is 21.6. The minimum absolute atomic E-state index is 0.0263. The summed E-state index contributed by atoms with van der Waals surface area (Å²) in [4.78, 5) is 74.2. The first-order chi connectivity index (χ1) is 36.7. The lowest BCUT2D eigenvalue weighted by atomic mass is 9.92. The normalized spacial score (nSPS) is 26.3. The lowest BCUT2D eigenvalue weighted by Gasteiger charge is -2.53. The molecule has 0 aliphatic carbocycles. The molecular weight excluding hydrogens is 1000 g/mol. The fourth-order valence-electron chi connectivity index (χ4n) is 9.66. The van der Waals surface area contributed by atoms with Crippen LogP contribution in [-0.2, 0) is 92.7 Å². The summed E-state index contributed by atoms with van der Waals surface area (Å²) in [7, 11) is -2.84. The molecule has 8 rings (SSSR count). The van der Waals surface area contributed by atoms with Crippen LogP contribution in [0, 0.1) is 0 Å². The molecule has 2 saturated heterocycles. The average molecular weight is 1070 g/mol. The topological polar surface area (TPSA) is 175 Å². The highest BCUT2D eigenvalue weighted by atomic mass is 28.4. The van der Waals surface area contributed by atoms with E-state index in [1.807, 2.05) is 121 Å². The Kier molecular flexibility index (Phi) is 18.4. The first-order valence-corrected chi connectivity index (χ1v) is 29.1. The first-order valence-electron chi connectivity index (χ1n) is 26.2. The number of carbonyl (C=O) groups is 5. The maximum atomic E-state index is 14.7. The Balaban J connectivity index is 1.30. The number of benzene rings is 4. The van der Waals surface area contributed by atoms with Crippen molar-refractivity contribution in [3.8, 4) is 0 Å². The molecule has 4 heterocycles. The van der Waals surface area contributed by atoms with E-state index in [0.29, 0.717) is 0 Å². The summed E-state index contributed by atoms with van der Waals surface area (Å²) in [6.07, 6.45) is -10.3. The molecule has 10 atom stereocenters. The monoisotopic (exact) mass is 1070 g/mol. The van der Waals surface area contributed by atoms with Crippen LogP contribution in [0.5, 0.6) is 0 Å². The van der Waals surface area contributed by atoms with Crippen LogP contribution in [0.25, 0.3) is 0 Å². The molecule has 0 saturated carbocycles. The van der Waals surface area contributed by atoms with Gasteiger partial charge in [0.2, 0.25) is 0 Å². The van der Waals surface area contributed by atoms with Crippen LogP contribution in [0.1, 0.15) is 77.6 Å². The molecule has 2 fully saturated rings. The average Bonchev–Trinajstić information content (AvgIpc) is 3.79. The van der Waals surface area contributed by atoms with Crippen molar-refractivity contribution in [1.82, 2.24) is 9.80 Å². The summed E-state index contributed by atoms with van der Waals surface area (Å²) >= 11 is 0. The molecule has 4 amide bonds. The summed E-state index contributed by atoms with van der Waals surface area (Å²) < 4.78 is 61.8. The molecule has 4 aliphatic heterocycles. The minimum Gasteiger partial charge on any atom is -0.457 e. The van der Waals surface area contributed by atoms with Crippen LogP contribution in [0.15, 0.2) is 144 Å². The molecule has 0 unspecified atom stereocenters. The van der Waals surface area contributed by atoms with E-state index in [9.17, 15) is 24.0 Å². The maximum Gasteiger partial charge on any atom is 0.303 e. The Morgan fingerprint density at radius 3 is 1.22 bits per heavy atom. The third-order valence-corrected chi connectivity index (χ3v) is 19.7. The van der Waals surface area contributed by atoms with Crippen molar-refractivity contribution in [2.45, 2.75) is 161 Å². The Morgan fingerprint density at radius 1 is 0.506 bits per heavy atom. The number of carbonyl (C=O) groups excluding carboxylic acids is 5. The van der Waals surface area contributed by atoms with Crippen LogP contribution in [-0.4, -0.2) is 122 Å². The molecule has 0 N–H and O–H groups in total. The molecule has 17 heteroatoms. The van der Waals surface area contributed by atoms with Gasteiger partial charge in [0.1, 0.15) is 42.6 Å². The lowest BCUT2D eigenvalue weighted by molar-refractivity contribution is -0.345. The van der Waals surface area contributed by atoms with Crippen molar-refractivity contribution in [2.24, 2.45) is 0 Å². The van der Waals surface area contributed by atoms with E-state index in [1.165, 1.54) is 6.92 Å². The number of nitrogens with zero attached hydrogens (tertiary/aromatic N) is 2. The van der Waals surface area contributed by atoms with Crippen LogP contribution in [0.4, 0.5) is 0 Å². The van der Waals surface area contributed by atoms with E-state index in [0.717, 1.165) is 32.1 Å². The highest BCUT2D eigenvalue weighted by Gasteiger charge is 2.61. The number of hydrogen-bond donors (Lipinski definition) is 0. The van der Waals surface area contributed by atoms with Crippen molar-refractivity contribution in [3.05, 3.63) is 166 Å². The highest BCUT2D eigenvalue weighted by Crippen LogP contribution is 2.44. The standard InChI is InChI=1S/C60H72N2O14Si/c1-37-38(2)55(65)61(54(37)64)48-52(70-33-44-27-19-13-20-28-44)50(72-41(5)63)46(35-68-31-42-23-15-11-16-24-42)73-58(48)75-51-47(36-69-32-43-25-17-12-18-26-43)74-59(76-77(9,10)60(6,7)8)49(62-56(66)39(3)40(4)57(62)67)53(51)71-34-45-29-21-14-22-30-45/h11-30,46-53,58-59H,31-36H2,1-10H3/t46-,47-,48-,49-,50-,51-,52-,53-,58+,59+/m1/s1. The number of imide groups is 2. The van der Waals surface area contributed by atoms with E-state index >= 15 is 0 Å². The van der Waals surface area contributed by atoms with Gasteiger partial charge < -0.3 is 42.3 Å². The highest BCUT2D eigenvalue weighted by molar-refractivity contribution is 6.74. The predicted octanol–water partition coefficient (Wildman–Crippen LogP) is 8.53. The molecule has 0 spiro atoms. The van der Waals surface area contributed by atoms with Gasteiger partial charge in [0.15, 0.2) is 27.0 Å². The number of amides is 4. The maximum absolute atomic E-state index is 14.7. The lowest BCUT2D eigenvalue weighted by Crippen LogP contribution is -2.72. The Hall–Kier alpha value is -5.99. The summed E-state index contributed by atoms with van der Waals surface area (Å²) in [6, 6.07) is 35.0. The second kappa shape index (κ2) is 24.8. The van der Waals surface area contributed by atoms with Crippen molar-refractivity contribution in [3.63, 3.8) is 0 Å². The molecule has 4 aromatic carbocycles. The molecule has 0 aromatic heterocycles. The van der Waals surface area contributed by atoms with E-state index in [4.69, 9.17) is 42.3 Å². The fraction of sp³-hybridized carbons (Fsp3) is 0.450. The third-order valence-electron chi connectivity index (χ3n) is 15.3. The zero-order chi connectivity index (χ0) is 55.2. The van der Waals surface area contributed by atoms with Gasteiger partial charge in [-0.05, 0) is 68.1 Å². The Morgan fingerprint density at radius 2 is 0.844 bits per heavy atom. The van der Waals surface area contributed by atoms with E-state index < -0.39 is 99.2 Å². The molecule has 4 aliphatic rings. The summed E-state index contributed by atoms with van der Waals surface area (Å²) in [6.45, 7) is 17.9. The number of rotatable bonds is 21. The summed E-state index contributed by atoms with van der Waals surface area (Å²) in [5.41, 5.74) is 4.15. The first kappa shape index (κ1) is 57.2. The van der Waals surface area contributed by atoms with Gasteiger partial charge in [-0.2, -0.15) is 0 Å². The number of ether oxygens (including phenoxy) is 8. The SMILES string of the molecule is CC(=O)O[C@H]1[C@H](OCc2ccccc2)[C@@H](N2C(=O)C(C)=C(C)C2=O)[C@H](O[C@H]2[C@H](OCc3ccccc3)[C@@H](N3C(=O)C(C)=C(C)C3=O)[C@H](O[Si](C)(C)C(C)(C)C)O[C@@H]2COCc2ccccc2)O[C@@H]1COCc1ccccc1. The molecule has 410 valence electrons. The predicted molar refractivity (Wildman–Crippen MR) is 286 cm³/mol. The fourth-order valence-corrected chi connectivity index (χ4v) is 10.8. The number of hydrogen-bond acceptors (Lipinski definition) is 14. The van der Waals surface area contributed by atoms with Crippen molar-refractivity contribution >= 4 is 37.9 Å². The molecular formula is C60H72N2O14Si. The molecule has 0 radical (unpaired) electrons. The third kappa shape index (κ3) is 13.0. The van der Waals surface area contributed by atoms with Gasteiger partial charge >= 0.3 is 5.97 Å². The zero-order valence-corrected chi connectivity index (χ0v) is 46.7. The molecule has 16 nitrogen and oxygen atoms in total. The zero-order valence-electron chi connectivity index (χ0n) is 45.7. The summed E-state index contributed by atoms with van der Waals surface area (Å²) in [5, 5.41) is -0.371. The second-order valence-corrected chi connectivity index (χ2v) is 26.4. The largest absolute Gasteiger partial charge is 0.457 e. The van der Waals surface area contributed by atoms with E-state index in [-0.39, 0.29) is 67.0 Å². The van der Waals surface area contributed by atoms with Gasteiger partial charge in [0.25, 0.3) is 23.6 Å². The van der Waals surface area contributed by atoms with Crippen molar-refractivity contribution < 1.29 is 66.3 Å². The van der Waals surface area contributed by atoms with Gasteiger partial charge in [-0.25, -0.2) is 0 Å². The smallest absolute Gasteiger partial charge is 0.303 e. The van der Waals surface area contributed by atoms with E-state index in [2.05, 4.69) is 33.9 Å². The molecule has 77 heavy (non-hydrogen) atoms. The van der Waals surface area contributed by atoms with Gasteiger partial charge in [0, 0.05) is 29.2 Å².